The zero-order valence-electron chi connectivity index (χ0n) is 6.66. The van der Waals surface area contributed by atoms with Gasteiger partial charge in [-0.2, -0.15) is 0 Å². The van der Waals surface area contributed by atoms with Crippen LogP contribution in [0.25, 0.3) is 0 Å². The first-order chi connectivity index (χ1) is 5.08. The third-order valence-corrected chi connectivity index (χ3v) is 4.56. The van der Waals surface area contributed by atoms with E-state index in [-0.39, 0.29) is 5.75 Å². The van der Waals surface area contributed by atoms with Crippen LogP contribution < -0.4 is 0 Å². The van der Waals surface area contributed by atoms with Crippen LogP contribution in [0.5, 0.6) is 0 Å². The fraction of sp³-hybridized carbons (Fsp3) is 1.00. The van der Waals surface area contributed by atoms with Gasteiger partial charge in [0.15, 0.2) is 9.84 Å². The van der Waals surface area contributed by atoms with Gasteiger partial charge in [-0.05, 0) is 19.3 Å². The Morgan fingerprint density at radius 3 is 2.45 bits per heavy atom. The molecule has 0 bridgehead atoms. The molecule has 1 aliphatic rings. The van der Waals surface area contributed by atoms with Gasteiger partial charge in [0, 0.05) is 5.75 Å². The Hall–Kier alpha value is -0.0900. The second-order valence-electron chi connectivity index (χ2n) is 2.99. The van der Waals surface area contributed by atoms with Crippen molar-refractivity contribution in [2.24, 2.45) is 0 Å². The van der Waals surface area contributed by atoms with Gasteiger partial charge in [-0.15, -0.1) is 0 Å². The van der Waals surface area contributed by atoms with Crippen LogP contribution in [0.2, 0.25) is 0 Å². The van der Waals surface area contributed by atoms with Crippen LogP contribution in [-0.2, 0) is 9.84 Å². The first-order valence-electron chi connectivity index (χ1n) is 3.97. The maximum atomic E-state index is 11.3. The van der Waals surface area contributed by atoms with Crippen LogP contribution in [-0.4, -0.2) is 30.6 Å². The minimum absolute atomic E-state index is 0.148. The van der Waals surface area contributed by atoms with Gasteiger partial charge in [0.2, 0.25) is 0 Å². The fourth-order valence-electron chi connectivity index (χ4n) is 1.54. The largest absolute Gasteiger partial charge is 0.392 e. The summed E-state index contributed by atoms with van der Waals surface area (Å²) in [6, 6.07) is 0. The second kappa shape index (κ2) is 3.11. The number of aliphatic hydroxyl groups is 1. The van der Waals surface area contributed by atoms with E-state index in [9.17, 15) is 13.5 Å². The van der Waals surface area contributed by atoms with Crippen molar-refractivity contribution >= 4 is 9.84 Å². The summed E-state index contributed by atoms with van der Waals surface area (Å²) < 4.78 is 22.5. The molecule has 1 N–H and O–H groups in total. The molecule has 0 radical (unpaired) electrons. The molecule has 0 heterocycles. The van der Waals surface area contributed by atoms with Crippen LogP contribution in [0.4, 0.5) is 0 Å². The lowest BCUT2D eigenvalue weighted by atomic mass is 10.3. The Kier molecular flexibility index (Phi) is 2.54. The van der Waals surface area contributed by atoms with Crippen molar-refractivity contribution in [3.8, 4) is 0 Å². The summed E-state index contributed by atoms with van der Waals surface area (Å²) >= 11 is 0. The van der Waals surface area contributed by atoms with Gasteiger partial charge in [0.25, 0.3) is 0 Å². The van der Waals surface area contributed by atoms with Gasteiger partial charge < -0.3 is 5.11 Å². The van der Waals surface area contributed by atoms with E-state index >= 15 is 0 Å². The Balaban J connectivity index is 2.75. The van der Waals surface area contributed by atoms with Crippen LogP contribution in [0, 0.1) is 0 Å². The van der Waals surface area contributed by atoms with Crippen LogP contribution >= 0.6 is 0 Å². The SMILES string of the molecule is CCS(=O)(=O)[C@@H]1CCC[C@H]1O. The normalized spacial score (nSPS) is 32.5. The molecular weight excluding hydrogens is 164 g/mol. The van der Waals surface area contributed by atoms with Crippen molar-refractivity contribution in [3.63, 3.8) is 0 Å². The van der Waals surface area contributed by atoms with Crippen molar-refractivity contribution in [1.82, 2.24) is 0 Å². The zero-order chi connectivity index (χ0) is 8.48. The number of sulfone groups is 1. The summed E-state index contributed by atoms with van der Waals surface area (Å²) in [7, 11) is -3.00. The topological polar surface area (TPSA) is 54.4 Å². The highest BCUT2D eigenvalue weighted by Gasteiger charge is 2.34. The molecule has 1 fully saturated rings. The van der Waals surface area contributed by atoms with Crippen molar-refractivity contribution < 1.29 is 13.5 Å². The number of hydrogen-bond acceptors (Lipinski definition) is 3. The van der Waals surface area contributed by atoms with Crippen LogP contribution in [0.1, 0.15) is 26.2 Å². The summed E-state index contributed by atoms with van der Waals surface area (Å²) in [5.41, 5.74) is 0. The van der Waals surface area contributed by atoms with E-state index in [1.165, 1.54) is 0 Å². The average molecular weight is 178 g/mol. The summed E-state index contributed by atoms with van der Waals surface area (Å²) in [5, 5.41) is 8.80. The van der Waals surface area contributed by atoms with Crippen molar-refractivity contribution in [2.45, 2.75) is 37.5 Å². The first-order valence-corrected chi connectivity index (χ1v) is 5.69. The molecule has 0 saturated heterocycles. The standard InChI is InChI=1S/C7H14O3S/c1-2-11(9,10)7-5-3-4-6(7)8/h6-8H,2-5H2,1H3/t6-,7-/m1/s1. The summed E-state index contributed by atoms with van der Waals surface area (Å²) in [6.07, 6.45) is 1.51. The van der Waals surface area contributed by atoms with E-state index in [4.69, 9.17) is 0 Å². The van der Waals surface area contributed by atoms with E-state index in [0.29, 0.717) is 12.8 Å². The molecular formula is C7H14O3S. The lowest BCUT2D eigenvalue weighted by molar-refractivity contribution is 0.185. The second-order valence-corrected chi connectivity index (χ2v) is 5.50. The van der Waals surface area contributed by atoms with Gasteiger partial charge >= 0.3 is 0 Å². The van der Waals surface area contributed by atoms with Crippen LogP contribution in [0.15, 0.2) is 0 Å². The summed E-state index contributed by atoms with van der Waals surface area (Å²) in [5.74, 6) is 0.148. The van der Waals surface area contributed by atoms with E-state index in [0.717, 1.165) is 6.42 Å². The highest BCUT2D eigenvalue weighted by molar-refractivity contribution is 7.92. The maximum absolute atomic E-state index is 11.3. The Morgan fingerprint density at radius 1 is 1.45 bits per heavy atom. The number of aliphatic hydroxyl groups excluding tert-OH is 1. The molecule has 1 saturated carbocycles. The smallest absolute Gasteiger partial charge is 0.155 e. The third-order valence-electron chi connectivity index (χ3n) is 2.28. The van der Waals surface area contributed by atoms with Gasteiger partial charge in [0.05, 0.1) is 11.4 Å². The average Bonchev–Trinajstić information content (AvgIpc) is 2.36. The molecule has 2 atom stereocenters. The molecule has 0 aromatic rings. The molecule has 11 heavy (non-hydrogen) atoms. The van der Waals surface area contributed by atoms with Crippen molar-refractivity contribution in [3.05, 3.63) is 0 Å². The third kappa shape index (κ3) is 1.73. The summed E-state index contributed by atoms with van der Waals surface area (Å²) in [6.45, 7) is 1.63. The predicted molar refractivity (Wildman–Crippen MR) is 43.1 cm³/mol. The lowest BCUT2D eigenvalue weighted by Gasteiger charge is -2.13. The molecule has 0 aromatic heterocycles. The Labute approximate surface area is 67.3 Å². The van der Waals surface area contributed by atoms with E-state index in [1.807, 2.05) is 0 Å². The van der Waals surface area contributed by atoms with Crippen LogP contribution in [0.3, 0.4) is 0 Å². The van der Waals surface area contributed by atoms with E-state index in [1.54, 1.807) is 6.92 Å². The lowest BCUT2D eigenvalue weighted by Crippen LogP contribution is -2.30. The molecule has 4 heteroatoms. The molecule has 0 aromatic carbocycles. The molecule has 0 spiro atoms. The quantitative estimate of drug-likeness (QED) is 0.663. The first kappa shape index (κ1) is 9.00. The zero-order valence-corrected chi connectivity index (χ0v) is 7.47. The highest BCUT2D eigenvalue weighted by Crippen LogP contribution is 2.25. The van der Waals surface area contributed by atoms with Crippen molar-refractivity contribution in [1.29, 1.82) is 0 Å². The molecule has 0 amide bonds. The molecule has 66 valence electrons. The molecule has 3 nitrogen and oxygen atoms in total. The molecule has 1 rings (SSSR count). The maximum Gasteiger partial charge on any atom is 0.155 e. The monoisotopic (exact) mass is 178 g/mol. The minimum atomic E-state index is -3.00. The van der Waals surface area contributed by atoms with Gasteiger partial charge in [-0.1, -0.05) is 6.92 Å². The molecule has 0 unspecified atom stereocenters. The number of hydrogen-bond donors (Lipinski definition) is 1. The Bertz CT molecular complexity index is 220. The van der Waals surface area contributed by atoms with Gasteiger partial charge in [-0.25, -0.2) is 8.42 Å². The van der Waals surface area contributed by atoms with Crippen molar-refractivity contribution in [2.75, 3.05) is 5.75 Å². The fourth-order valence-corrected chi connectivity index (χ4v) is 3.11. The predicted octanol–water partition coefficient (Wildman–Crippen LogP) is 0.335. The summed E-state index contributed by atoms with van der Waals surface area (Å²) in [4.78, 5) is 0. The number of rotatable bonds is 2. The van der Waals surface area contributed by atoms with E-state index in [2.05, 4.69) is 0 Å². The highest BCUT2D eigenvalue weighted by atomic mass is 32.2. The minimum Gasteiger partial charge on any atom is -0.392 e. The molecule has 0 aliphatic heterocycles. The van der Waals surface area contributed by atoms with E-state index < -0.39 is 21.2 Å². The Morgan fingerprint density at radius 2 is 2.09 bits per heavy atom. The van der Waals surface area contributed by atoms with Gasteiger partial charge in [-0.3, -0.25) is 0 Å². The van der Waals surface area contributed by atoms with Gasteiger partial charge in [0.1, 0.15) is 0 Å². The molecule has 1 aliphatic carbocycles.